The van der Waals surface area contributed by atoms with Gasteiger partial charge in [-0.05, 0) is 30.0 Å². The lowest BCUT2D eigenvalue weighted by atomic mass is 10.0. The molecule has 0 aliphatic heterocycles. The number of nitrogens with zero attached hydrogens (tertiary/aromatic N) is 1. The van der Waals surface area contributed by atoms with Crippen LogP contribution in [0.3, 0.4) is 0 Å². The Morgan fingerprint density at radius 2 is 2.33 bits per heavy atom. The van der Waals surface area contributed by atoms with Crippen LogP contribution < -0.4 is 0 Å². The number of allylic oxidation sites excluding steroid dienone is 2. The predicted octanol–water partition coefficient (Wildman–Crippen LogP) is 3.29. The van der Waals surface area contributed by atoms with E-state index in [1.165, 1.54) is 11.1 Å². The third kappa shape index (κ3) is 2.19. The lowest BCUT2D eigenvalue weighted by molar-refractivity contribution is 1.16. The molecule has 1 aromatic rings. The van der Waals surface area contributed by atoms with Crippen molar-refractivity contribution < 1.29 is 0 Å². The fraction of sp³-hybridized carbons (Fsp3) is 0.364. The Hall–Kier alpha value is -1.11. The Morgan fingerprint density at radius 1 is 1.50 bits per heavy atom. The number of pyridine rings is 1. The van der Waals surface area contributed by atoms with Crippen LogP contribution in [0.2, 0.25) is 0 Å². The van der Waals surface area contributed by atoms with Gasteiger partial charge < -0.3 is 0 Å². The first-order valence-electron chi connectivity index (χ1n) is 4.48. The van der Waals surface area contributed by atoms with E-state index in [1.807, 2.05) is 18.5 Å². The maximum absolute atomic E-state index is 4.09. The molecule has 0 aliphatic rings. The van der Waals surface area contributed by atoms with Crippen molar-refractivity contribution in [2.75, 3.05) is 0 Å². The summed E-state index contributed by atoms with van der Waals surface area (Å²) in [4.78, 5) is 4.09. The van der Waals surface area contributed by atoms with Gasteiger partial charge in [-0.25, -0.2) is 0 Å². The largest absolute Gasteiger partial charge is 0.264 e. The Morgan fingerprint density at radius 3 is 2.83 bits per heavy atom. The van der Waals surface area contributed by atoms with Gasteiger partial charge in [0.1, 0.15) is 0 Å². The first-order chi connectivity index (χ1) is 5.88. The molecule has 1 aromatic heterocycles. The third-order valence-corrected chi connectivity index (χ3v) is 1.86. The van der Waals surface area contributed by atoms with Crippen LogP contribution in [0.5, 0.6) is 0 Å². The lowest BCUT2D eigenvalue weighted by Crippen LogP contribution is -1.83. The lowest BCUT2D eigenvalue weighted by Gasteiger charge is -2.02. The molecule has 0 atom stereocenters. The van der Waals surface area contributed by atoms with E-state index in [1.54, 1.807) is 0 Å². The molecule has 1 nitrogen and oxygen atoms in total. The highest BCUT2D eigenvalue weighted by atomic mass is 14.6. The summed E-state index contributed by atoms with van der Waals surface area (Å²) in [5.74, 6) is 0. The van der Waals surface area contributed by atoms with Crippen LogP contribution in [0.15, 0.2) is 30.6 Å². The van der Waals surface area contributed by atoms with Crippen LogP contribution in [0.4, 0.5) is 0 Å². The van der Waals surface area contributed by atoms with Crippen molar-refractivity contribution in [1.82, 2.24) is 4.98 Å². The zero-order chi connectivity index (χ0) is 8.81. The molecule has 0 aliphatic carbocycles. The van der Waals surface area contributed by atoms with E-state index in [2.05, 4.69) is 31.0 Å². The van der Waals surface area contributed by atoms with Crippen LogP contribution in [-0.2, 0) is 0 Å². The van der Waals surface area contributed by atoms with Crippen LogP contribution in [0.25, 0.3) is 5.57 Å². The van der Waals surface area contributed by atoms with E-state index < -0.39 is 0 Å². The van der Waals surface area contributed by atoms with Gasteiger partial charge in [0.15, 0.2) is 0 Å². The van der Waals surface area contributed by atoms with Gasteiger partial charge in [-0.15, -0.1) is 0 Å². The summed E-state index contributed by atoms with van der Waals surface area (Å²) in [5.41, 5.74) is 2.65. The SMILES string of the molecule is CC/C=C(\CC)c1cccnc1. The van der Waals surface area contributed by atoms with Crippen molar-refractivity contribution >= 4 is 5.57 Å². The van der Waals surface area contributed by atoms with Gasteiger partial charge in [0.2, 0.25) is 0 Å². The molecule has 1 heterocycles. The van der Waals surface area contributed by atoms with Gasteiger partial charge in [0.25, 0.3) is 0 Å². The van der Waals surface area contributed by atoms with Gasteiger partial charge >= 0.3 is 0 Å². The first kappa shape index (κ1) is 8.98. The second-order valence-corrected chi connectivity index (χ2v) is 2.73. The van der Waals surface area contributed by atoms with Gasteiger partial charge in [0, 0.05) is 12.4 Å². The number of aromatic nitrogens is 1. The van der Waals surface area contributed by atoms with E-state index in [0.717, 1.165) is 12.8 Å². The average molecular weight is 161 g/mol. The van der Waals surface area contributed by atoms with E-state index in [0.29, 0.717) is 0 Å². The number of hydrogen-bond donors (Lipinski definition) is 0. The van der Waals surface area contributed by atoms with Crippen molar-refractivity contribution in [2.45, 2.75) is 26.7 Å². The minimum Gasteiger partial charge on any atom is -0.264 e. The second kappa shape index (κ2) is 4.70. The molecular weight excluding hydrogens is 146 g/mol. The van der Waals surface area contributed by atoms with E-state index in [-0.39, 0.29) is 0 Å². The monoisotopic (exact) mass is 161 g/mol. The number of hydrogen-bond acceptors (Lipinski definition) is 1. The number of rotatable bonds is 3. The van der Waals surface area contributed by atoms with Crippen LogP contribution in [0.1, 0.15) is 32.3 Å². The maximum Gasteiger partial charge on any atom is 0.0342 e. The summed E-state index contributed by atoms with van der Waals surface area (Å²) in [6.45, 7) is 4.33. The molecule has 0 saturated carbocycles. The van der Waals surface area contributed by atoms with E-state index in [4.69, 9.17) is 0 Å². The molecule has 12 heavy (non-hydrogen) atoms. The Balaban J connectivity index is 2.88. The van der Waals surface area contributed by atoms with Crippen LogP contribution in [0, 0.1) is 0 Å². The zero-order valence-electron chi connectivity index (χ0n) is 7.75. The maximum atomic E-state index is 4.09. The topological polar surface area (TPSA) is 12.9 Å². The smallest absolute Gasteiger partial charge is 0.0342 e. The van der Waals surface area contributed by atoms with Gasteiger partial charge in [0.05, 0.1) is 0 Å². The van der Waals surface area contributed by atoms with Gasteiger partial charge in [-0.3, -0.25) is 4.98 Å². The van der Waals surface area contributed by atoms with E-state index in [9.17, 15) is 0 Å². The minimum atomic E-state index is 1.08. The summed E-state index contributed by atoms with van der Waals surface area (Å²) < 4.78 is 0. The van der Waals surface area contributed by atoms with Crippen molar-refractivity contribution in [1.29, 1.82) is 0 Å². The molecule has 1 rings (SSSR count). The van der Waals surface area contributed by atoms with E-state index >= 15 is 0 Å². The molecule has 0 N–H and O–H groups in total. The fourth-order valence-electron chi connectivity index (χ4n) is 1.27. The molecule has 0 bridgehead atoms. The molecule has 0 spiro atoms. The first-order valence-corrected chi connectivity index (χ1v) is 4.48. The standard InChI is InChI=1S/C11H15N/c1-3-6-10(4-2)11-7-5-8-12-9-11/h5-9H,3-4H2,1-2H3/b10-6+. The highest BCUT2D eigenvalue weighted by molar-refractivity contribution is 5.64. The molecule has 0 radical (unpaired) electrons. The van der Waals surface area contributed by atoms with Gasteiger partial charge in [-0.2, -0.15) is 0 Å². The summed E-state index contributed by atoms with van der Waals surface area (Å²) in [5, 5.41) is 0. The molecule has 0 aromatic carbocycles. The normalized spacial score (nSPS) is 11.7. The molecule has 0 saturated heterocycles. The Labute approximate surface area is 74.2 Å². The molecule has 1 heteroatoms. The minimum absolute atomic E-state index is 1.08. The molecular formula is C11H15N. The summed E-state index contributed by atoms with van der Waals surface area (Å²) in [6, 6.07) is 4.09. The van der Waals surface area contributed by atoms with Crippen molar-refractivity contribution in [3.05, 3.63) is 36.2 Å². The quantitative estimate of drug-likeness (QED) is 0.663. The zero-order valence-corrected chi connectivity index (χ0v) is 7.75. The highest BCUT2D eigenvalue weighted by Gasteiger charge is 1.96. The summed E-state index contributed by atoms with van der Waals surface area (Å²) in [6.07, 6.45) is 8.17. The van der Waals surface area contributed by atoms with Crippen LogP contribution >= 0.6 is 0 Å². The van der Waals surface area contributed by atoms with Crippen LogP contribution in [-0.4, -0.2) is 4.98 Å². The average Bonchev–Trinajstić information content (AvgIpc) is 2.15. The fourth-order valence-corrected chi connectivity index (χ4v) is 1.27. The Kier molecular flexibility index (Phi) is 3.52. The molecule has 0 fully saturated rings. The highest BCUT2D eigenvalue weighted by Crippen LogP contribution is 2.16. The van der Waals surface area contributed by atoms with Crippen molar-refractivity contribution in [2.24, 2.45) is 0 Å². The second-order valence-electron chi connectivity index (χ2n) is 2.73. The third-order valence-electron chi connectivity index (χ3n) is 1.86. The molecule has 0 amide bonds. The molecule has 0 unspecified atom stereocenters. The summed E-state index contributed by atoms with van der Waals surface area (Å²) in [7, 11) is 0. The Bertz CT molecular complexity index is 249. The summed E-state index contributed by atoms with van der Waals surface area (Å²) >= 11 is 0. The molecule has 64 valence electrons. The predicted molar refractivity (Wildman–Crippen MR) is 52.8 cm³/mol. The van der Waals surface area contributed by atoms with Gasteiger partial charge in [-0.1, -0.05) is 26.0 Å². The van der Waals surface area contributed by atoms with Crippen molar-refractivity contribution in [3.8, 4) is 0 Å². The van der Waals surface area contributed by atoms with Crippen molar-refractivity contribution in [3.63, 3.8) is 0 Å².